The fourth-order valence-electron chi connectivity index (χ4n) is 3.36. The number of benzene rings is 1. The highest BCUT2D eigenvalue weighted by atomic mass is 19.2. The van der Waals surface area contributed by atoms with Crippen LogP contribution in [0, 0.1) is 23.5 Å². The van der Waals surface area contributed by atoms with Crippen molar-refractivity contribution in [2.45, 2.75) is 50.9 Å². The van der Waals surface area contributed by atoms with Crippen LogP contribution in [0.3, 0.4) is 0 Å². The molecule has 0 radical (unpaired) electrons. The molecule has 0 amide bonds. The summed E-state index contributed by atoms with van der Waals surface area (Å²) in [5, 5.41) is 0. The van der Waals surface area contributed by atoms with Gasteiger partial charge in [-0.25, -0.2) is 8.78 Å². The number of allylic oxidation sites excluding steroid dienone is 2. The summed E-state index contributed by atoms with van der Waals surface area (Å²) in [7, 11) is 0. The molecule has 0 unspecified atom stereocenters. The second kappa shape index (κ2) is 6.07. The Morgan fingerprint density at radius 1 is 0.800 bits per heavy atom. The van der Waals surface area contributed by atoms with E-state index in [0.29, 0.717) is 11.8 Å². The molecule has 1 aromatic carbocycles. The van der Waals surface area contributed by atoms with Gasteiger partial charge in [-0.3, -0.25) is 0 Å². The first-order valence-corrected chi connectivity index (χ1v) is 7.85. The molecule has 0 aromatic heterocycles. The summed E-state index contributed by atoms with van der Waals surface area (Å²) in [6, 6.07) is 4.38. The smallest absolute Gasteiger partial charge is 0.159 e. The van der Waals surface area contributed by atoms with Crippen LogP contribution in [-0.4, -0.2) is 0 Å². The summed E-state index contributed by atoms with van der Waals surface area (Å²) >= 11 is 0. The maximum atomic E-state index is 13.3. The van der Waals surface area contributed by atoms with E-state index in [2.05, 4.69) is 12.2 Å². The molecule has 0 heterocycles. The van der Waals surface area contributed by atoms with Gasteiger partial charge in [0.15, 0.2) is 11.6 Å². The zero-order chi connectivity index (χ0) is 13.9. The molecule has 1 aromatic rings. The maximum absolute atomic E-state index is 13.3. The van der Waals surface area contributed by atoms with Crippen molar-refractivity contribution in [2.75, 3.05) is 0 Å². The van der Waals surface area contributed by atoms with E-state index in [0.717, 1.165) is 24.3 Å². The van der Waals surface area contributed by atoms with Crippen LogP contribution in [0.1, 0.15) is 56.4 Å². The van der Waals surface area contributed by atoms with E-state index >= 15 is 0 Å². The SMILES string of the molecule is Fc1ccc(C2CCC(/C=C/C3CCC3)CC2)cc1F. The molecule has 3 rings (SSSR count). The van der Waals surface area contributed by atoms with Crippen LogP contribution in [0.15, 0.2) is 30.4 Å². The average molecular weight is 276 g/mol. The van der Waals surface area contributed by atoms with Crippen LogP contribution in [0.4, 0.5) is 8.78 Å². The van der Waals surface area contributed by atoms with E-state index < -0.39 is 11.6 Å². The minimum Gasteiger partial charge on any atom is -0.204 e. The summed E-state index contributed by atoms with van der Waals surface area (Å²) in [6.45, 7) is 0. The summed E-state index contributed by atoms with van der Waals surface area (Å²) in [5.74, 6) is 0.467. The van der Waals surface area contributed by atoms with Gasteiger partial charge >= 0.3 is 0 Å². The first kappa shape index (κ1) is 13.8. The van der Waals surface area contributed by atoms with E-state index in [-0.39, 0.29) is 0 Å². The molecule has 2 aliphatic rings. The Morgan fingerprint density at radius 2 is 1.45 bits per heavy atom. The van der Waals surface area contributed by atoms with Crippen molar-refractivity contribution >= 4 is 0 Å². The quantitative estimate of drug-likeness (QED) is 0.631. The van der Waals surface area contributed by atoms with Crippen LogP contribution in [0.25, 0.3) is 0 Å². The number of rotatable bonds is 3. The lowest BCUT2D eigenvalue weighted by Crippen LogP contribution is -2.13. The van der Waals surface area contributed by atoms with Gasteiger partial charge in [0, 0.05) is 0 Å². The molecule has 2 aliphatic carbocycles. The fraction of sp³-hybridized carbons (Fsp3) is 0.556. The lowest BCUT2D eigenvalue weighted by atomic mass is 9.77. The van der Waals surface area contributed by atoms with E-state index in [1.165, 1.54) is 44.2 Å². The van der Waals surface area contributed by atoms with Crippen molar-refractivity contribution < 1.29 is 8.78 Å². The van der Waals surface area contributed by atoms with Crippen molar-refractivity contribution in [1.82, 2.24) is 0 Å². The Labute approximate surface area is 119 Å². The molecule has 108 valence electrons. The Kier molecular flexibility index (Phi) is 4.18. The Morgan fingerprint density at radius 3 is 2.00 bits per heavy atom. The van der Waals surface area contributed by atoms with Gasteiger partial charge < -0.3 is 0 Å². The van der Waals surface area contributed by atoms with Crippen LogP contribution < -0.4 is 0 Å². The second-order valence-corrected chi connectivity index (χ2v) is 6.36. The lowest BCUT2D eigenvalue weighted by molar-refractivity contribution is 0.361. The van der Waals surface area contributed by atoms with Crippen molar-refractivity contribution in [2.24, 2.45) is 11.8 Å². The van der Waals surface area contributed by atoms with Crippen molar-refractivity contribution in [3.05, 3.63) is 47.5 Å². The van der Waals surface area contributed by atoms with E-state index in [1.54, 1.807) is 6.07 Å². The molecule has 0 aliphatic heterocycles. The number of halogens is 2. The molecule has 2 saturated carbocycles. The molecule has 2 heteroatoms. The molecule has 0 nitrogen and oxygen atoms in total. The highest BCUT2D eigenvalue weighted by molar-refractivity contribution is 5.22. The van der Waals surface area contributed by atoms with Gasteiger partial charge in [0.05, 0.1) is 0 Å². The Hall–Kier alpha value is -1.18. The first-order chi connectivity index (χ1) is 9.72. The van der Waals surface area contributed by atoms with Crippen molar-refractivity contribution in [1.29, 1.82) is 0 Å². The molecule has 0 saturated heterocycles. The summed E-state index contributed by atoms with van der Waals surface area (Å²) in [4.78, 5) is 0. The third-order valence-electron chi connectivity index (χ3n) is 4.99. The summed E-state index contributed by atoms with van der Waals surface area (Å²) in [5.41, 5.74) is 0.963. The molecular formula is C18H22F2. The maximum Gasteiger partial charge on any atom is 0.159 e. The second-order valence-electron chi connectivity index (χ2n) is 6.36. The van der Waals surface area contributed by atoms with Gasteiger partial charge in [0.25, 0.3) is 0 Å². The molecule has 0 spiro atoms. The molecule has 0 N–H and O–H groups in total. The minimum absolute atomic E-state index is 0.401. The van der Waals surface area contributed by atoms with Gasteiger partial charge in [-0.05, 0) is 74.0 Å². The van der Waals surface area contributed by atoms with E-state index in [1.807, 2.05) is 0 Å². The zero-order valence-corrected chi connectivity index (χ0v) is 11.8. The third kappa shape index (κ3) is 3.11. The van der Waals surface area contributed by atoms with Gasteiger partial charge in [-0.1, -0.05) is 24.6 Å². The topological polar surface area (TPSA) is 0 Å². The molecule has 2 fully saturated rings. The zero-order valence-electron chi connectivity index (χ0n) is 11.8. The van der Waals surface area contributed by atoms with Crippen LogP contribution in [0.2, 0.25) is 0 Å². The Bertz CT molecular complexity index is 480. The van der Waals surface area contributed by atoms with E-state index in [4.69, 9.17) is 0 Å². The van der Waals surface area contributed by atoms with Gasteiger partial charge in [-0.2, -0.15) is 0 Å². The van der Waals surface area contributed by atoms with Crippen molar-refractivity contribution in [3.8, 4) is 0 Å². The third-order valence-corrected chi connectivity index (χ3v) is 4.99. The summed E-state index contributed by atoms with van der Waals surface area (Å²) in [6.07, 6.45) is 13.5. The predicted octanol–water partition coefficient (Wildman–Crippen LogP) is 5.59. The molecular weight excluding hydrogens is 254 g/mol. The Balaban J connectivity index is 1.54. The van der Waals surface area contributed by atoms with Gasteiger partial charge in [0.1, 0.15) is 0 Å². The average Bonchev–Trinajstić information content (AvgIpc) is 2.41. The van der Waals surface area contributed by atoms with Crippen LogP contribution in [-0.2, 0) is 0 Å². The normalized spacial score (nSPS) is 27.7. The molecule has 0 atom stereocenters. The van der Waals surface area contributed by atoms with Gasteiger partial charge in [-0.15, -0.1) is 0 Å². The summed E-state index contributed by atoms with van der Waals surface area (Å²) < 4.78 is 26.2. The van der Waals surface area contributed by atoms with Gasteiger partial charge in [0.2, 0.25) is 0 Å². The number of hydrogen-bond acceptors (Lipinski definition) is 0. The van der Waals surface area contributed by atoms with E-state index in [9.17, 15) is 8.78 Å². The molecule has 0 bridgehead atoms. The first-order valence-electron chi connectivity index (χ1n) is 7.85. The highest BCUT2D eigenvalue weighted by Crippen LogP contribution is 2.37. The van der Waals surface area contributed by atoms with Crippen LogP contribution in [0.5, 0.6) is 0 Å². The predicted molar refractivity (Wildman–Crippen MR) is 77.5 cm³/mol. The lowest BCUT2D eigenvalue weighted by Gasteiger charge is -2.28. The van der Waals surface area contributed by atoms with Crippen molar-refractivity contribution in [3.63, 3.8) is 0 Å². The standard InChI is InChI=1S/C18H22F2/c19-17-11-10-16(12-18(17)20)15-8-6-14(7-9-15)5-4-13-2-1-3-13/h4-5,10-15H,1-3,6-9H2/b5-4+. The monoisotopic (exact) mass is 276 g/mol. The largest absolute Gasteiger partial charge is 0.204 e. The van der Waals surface area contributed by atoms with Crippen LogP contribution >= 0.6 is 0 Å². The number of hydrogen-bond donors (Lipinski definition) is 0. The highest BCUT2D eigenvalue weighted by Gasteiger charge is 2.22. The fourth-order valence-corrected chi connectivity index (χ4v) is 3.36. The molecule has 20 heavy (non-hydrogen) atoms. The minimum atomic E-state index is -0.745.